The summed E-state index contributed by atoms with van der Waals surface area (Å²) < 4.78 is 9.98. The third kappa shape index (κ3) is 3.81. The molecule has 0 bridgehead atoms. The lowest BCUT2D eigenvalue weighted by Gasteiger charge is -2.15. The van der Waals surface area contributed by atoms with Crippen LogP contribution < -0.4 is 4.74 Å². The minimum absolute atomic E-state index is 0.0378. The highest BCUT2D eigenvalue weighted by Gasteiger charge is 2.38. The van der Waals surface area contributed by atoms with Crippen molar-refractivity contribution < 1.29 is 23.9 Å². The number of Topliss-reactive ketones (excluding diaryl/α,β-unsaturated/α-hetero) is 1. The van der Waals surface area contributed by atoms with Crippen molar-refractivity contribution in [3.63, 3.8) is 0 Å². The zero-order chi connectivity index (χ0) is 15.2. The fourth-order valence-electron chi connectivity index (χ4n) is 2.15. The maximum absolute atomic E-state index is 12.0. The van der Waals surface area contributed by atoms with Gasteiger partial charge in [0.2, 0.25) is 5.91 Å². The third-order valence-electron chi connectivity index (χ3n) is 3.30. The van der Waals surface area contributed by atoms with Gasteiger partial charge in [-0.2, -0.15) is 0 Å². The predicted molar refractivity (Wildman–Crippen MR) is 73.6 cm³/mol. The molecule has 0 radical (unpaired) electrons. The van der Waals surface area contributed by atoms with Crippen LogP contribution in [0, 0.1) is 5.92 Å². The number of nitrogens with zero attached hydrogens (tertiary/aromatic N) is 1. The smallest absolute Gasteiger partial charge is 0.318 e. The van der Waals surface area contributed by atoms with E-state index in [0.29, 0.717) is 5.75 Å². The van der Waals surface area contributed by atoms with Crippen LogP contribution >= 0.6 is 0 Å². The monoisotopic (exact) mass is 291 g/mol. The van der Waals surface area contributed by atoms with Gasteiger partial charge < -0.3 is 14.4 Å². The average molecular weight is 291 g/mol. The normalized spacial score (nSPS) is 17.7. The van der Waals surface area contributed by atoms with Crippen LogP contribution in [-0.2, 0) is 19.1 Å². The van der Waals surface area contributed by atoms with E-state index in [2.05, 4.69) is 4.74 Å². The second-order valence-corrected chi connectivity index (χ2v) is 4.73. The molecule has 2 rings (SSSR count). The van der Waals surface area contributed by atoms with Crippen molar-refractivity contribution in [1.29, 1.82) is 0 Å². The molecule has 1 aromatic rings. The number of para-hydroxylation sites is 1. The van der Waals surface area contributed by atoms with Gasteiger partial charge in [-0.25, -0.2) is 0 Å². The summed E-state index contributed by atoms with van der Waals surface area (Å²) in [7, 11) is 1.23. The summed E-state index contributed by atoms with van der Waals surface area (Å²) in [6.45, 7) is 0.288. The number of carbonyl (C=O) groups is 3. The van der Waals surface area contributed by atoms with Crippen LogP contribution in [0.1, 0.15) is 6.42 Å². The van der Waals surface area contributed by atoms with Crippen LogP contribution in [0.4, 0.5) is 0 Å². The molecule has 112 valence electrons. The van der Waals surface area contributed by atoms with Gasteiger partial charge in [-0.1, -0.05) is 18.2 Å². The quantitative estimate of drug-likeness (QED) is 0.588. The second-order valence-electron chi connectivity index (χ2n) is 4.73. The van der Waals surface area contributed by atoms with Crippen LogP contribution in [0.5, 0.6) is 5.75 Å². The number of ketones is 1. The molecule has 1 unspecified atom stereocenters. The lowest BCUT2D eigenvalue weighted by atomic mass is 10.1. The Morgan fingerprint density at radius 1 is 1.29 bits per heavy atom. The first kappa shape index (κ1) is 15.0. The zero-order valence-electron chi connectivity index (χ0n) is 11.8. The Morgan fingerprint density at radius 2 is 2.00 bits per heavy atom. The first-order chi connectivity index (χ1) is 10.1. The number of hydrogen-bond acceptors (Lipinski definition) is 5. The Kier molecular flexibility index (Phi) is 4.92. The molecule has 1 heterocycles. The van der Waals surface area contributed by atoms with E-state index >= 15 is 0 Å². The minimum Gasteiger partial charge on any atom is -0.493 e. The number of likely N-dealkylation sites (tertiary alicyclic amines) is 1. The van der Waals surface area contributed by atoms with Gasteiger partial charge in [0.25, 0.3) is 0 Å². The highest BCUT2D eigenvalue weighted by Crippen LogP contribution is 2.15. The largest absolute Gasteiger partial charge is 0.493 e. The van der Waals surface area contributed by atoms with E-state index in [-0.39, 0.29) is 37.8 Å². The van der Waals surface area contributed by atoms with E-state index in [1.165, 1.54) is 12.0 Å². The van der Waals surface area contributed by atoms with Gasteiger partial charge in [0.1, 0.15) is 11.7 Å². The molecule has 21 heavy (non-hydrogen) atoms. The maximum atomic E-state index is 12.0. The van der Waals surface area contributed by atoms with E-state index < -0.39 is 11.9 Å². The van der Waals surface area contributed by atoms with E-state index in [4.69, 9.17) is 4.74 Å². The molecular formula is C15H17NO5. The molecule has 0 N–H and O–H groups in total. The predicted octanol–water partition coefficient (Wildman–Crippen LogP) is 0.656. The van der Waals surface area contributed by atoms with Crippen molar-refractivity contribution in [2.45, 2.75) is 6.42 Å². The molecule has 1 aliphatic heterocycles. The van der Waals surface area contributed by atoms with E-state index in [9.17, 15) is 14.4 Å². The van der Waals surface area contributed by atoms with Crippen molar-refractivity contribution in [2.24, 2.45) is 5.92 Å². The van der Waals surface area contributed by atoms with Gasteiger partial charge in [0, 0.05) is 6.54 Å². The van der Waals surface area contributed by atoms with Crippen LogP contribution in [0.3, 0.4) is 0 Å². The van der Waals surface area contributed by atoms with Gasteiger partial charge in [-0.3, -0.25) is 14.4 Å². The number of ether oxygens (including phenoxy) is 2. The van der Waals surface area contributed by atoms with E-state index in [1.807, 2.05) is 18.2 Å². The molecule has 0 aliphatic carbocycles. The lowest BCUT2D eigenvalue weighted by molar-refractivity contribution is -0.147. The number of hydrogen-bond donors (Lipinski definition) is 0. The Labute approximate surface area is 122 Å². The number of esters is 1. The summed E-state index contributed by atoms with van der Waals surface area (Å²) in [5, 5.41) is 0. The molecule has 6 nitrogen and oxygen atoms in total. The van der Waals surface area contributed by atoms with Crippen molar-refractivity contribution in [2.75, 3.05) is 26.8 Å². The Bertz CT molecular complexity index is 528. The summed E-state index contributed by atoms with van der Waals surface area (Å²) in [4.78, 5) is 36.4. The average Bonchev–Trinajstić information content (AvgIpc) is 2.89. The minimum atomic E-state index is -0.853. The van der Waals surface area contributed by atoms with Crippen LogP contribution in [0.25, 0.3) is 0 Å². The van der Waals surface area contributed by atoms with Crippen LogP contribution in [-0.4, -0.2) is 49.4 Å². The number of methoxy groups -OCH3 is 1. The third-order valence-corrected chi connectivity index (χ3v) is 3.30. The molecule has 1 atom stereocenters. The van der Waals surface area contributed by atoms with Gasteiger partial charge in [0.05, 0.1) is 26.7 Å². The van der Waals surface area contributed by atoms with Crippen molar-refractivity contribution in [3.8, 4) is 5.75 Å². The molecular weight excluding hydrogens is 274 g/mol. The van der Waals surface area contributed by atoms with Crippen LogP contribution in [0.2, 0.25) is 0 Å². The van der Waals surface area contributed by atoms with Crippen molar-refractivity contribution in [1.82, 2.24) is 4.90 Å². The Balaban J connectivity index is 1.79. The molecule has 6 heteroatoms. The summed E-state index contributed by atoms with van der Waals surface area (Å²) in [6, 6.07) is 9.17. The molecule has 0 aromatic heterocycles. The molecule has 1 fully saturated rings. The van der Waals surface area contributed by atoms with Crippen LogP contribution in [0.15, 0.2) is 30.3 Å². The summed E-state index contributed by atoms with van der Waals surface area (Å²) in [5.74, 6) is -1.23. The van der Waals surface area contributed by atoms with Gasteiger partial charge in [-0.05, 0) is 12.1 Å². The van der Waals surface area contributed by atoms with Gasteiger partial charge in [0.15, 0.2) is 5.78 Å². The van der Waals surface area contributed by atoms with E-state index in [0.717, 1.165) is 0 Å². The number of benzene rings is 1. The molecule has 1 aromatic carbocycles. The highest BCUT2D eigenvalue weighted by molar-refractivity contribution is 6.03. The van der Waals surface area contributed by atoms with E-state index in [1.54, 1.807) is 12.1 Å². The Morgan fingerprint density at radius 3 is 2.67 bits per heavy atom. The standard InChI is InChI=1S/C15H17NO5/c1-20-15(19)12-9-16(10-13(12)17)14(18)7-8-21-11-5-3-2-4-6-11/h2-6,12H,7-10H2,1H3. The highest BCUT2D eigenvalue weighted by atomic mass is 16.5. The second kappa shape index (κ2) is 6.88. The topological polar surface area (TPSA) is 72.9 Å². The summed E-state index contributed by atoms with van der Waals surface area (Å²) in [6.07, 6.45) is 0.163. The molecule has 1 aliphatic rings. The van der Waals surface area contributed by atoms with Crippen molar-refractivity contribution in [3.05, 3.63) is 30.3 Å². The lowest BCUT2D eigenvalue weighted by Crippen LogP contribution is -2.31. The molecule has 1 amide bonds. The van der Waals surface area contributed by atoms with Gasteiger partial charge >= 0.3 is 5.97 Å². The number of rotatable bonds is 5. The molecule has 1 saturated heterocycles. The first-order valence-electron chi connectivity index (χ1n) is 6.68. The fraction of sp³-hybridized carbons (Fsp3) is 0.400. The SMILES string of the molecule is COC(=O)C1CN(C(=O)CCOc2ccccc2)CC1=O. The molecule has 0 saturated carbocycles. The summed E-state index contributed by atoms with van der Waals surface area (Å²) in [5.41, 5.74) is 0. The first-order valence-corrected chi connectivity index (χ1v) is 6.68. The fourth-order valence-corrected chi connectivity index (χ4v) is 2.15. The molecule has 0 spiro atoms. The number of carbonyl (C=O) groups excluding carboxylic acids is 3. The summed E-state index contributed by atoms with van der Waals surface area (Å²) >= 11 is 0. The zero-order valence-corrected chi connectivity index (χ0v) is 11.8. The number of amides is 1. The Hall–Kier alpha value is -2.37. The maximum Gasteiger partial charge on any atom is 0.318 e. The van der Waals surface area contributed by atoms with Crippen molar-refractivity contribution >= 4 is 17.7 Å². The van der Waals surface area contributed by atoms with Gasteiger partial charge in [-0.15, -0.1) is 0 Å².